The molecule has 0 bridgehead atoms. The smallest absolute Gasteiger partial charge is 0.491 e. The zero-order valence-electron chi connectivity index (χ0n) is 16.2. The Morgan fingerprint density at radius 3 is 2.62 bits per heavy atom. The van der Waals surface area contributed by atoms with Gasteiger partial charge in [-0.2, -0.15) is 0 Å². The van der Waals surface area contributed by atoms with Crippen molar-refractivity contribution in [2.24, 2.45) is 0 Å². The van der Waals surface area contributed by atoms with Crippen LogP contribution in [0.3, 0.4) is 0 Å². The van der Waals surface area contributed by atoms with E-state index in [1.54, 1.807) is 18.3 Å². The Kier molecular flexibility index (Phi) is 6.56. The summed E-state index contributed by atoms with van der Waals surface area (Å²) in [5.74, 6) is -0.458. The van der Waals surface area contributed by atoms with Gasteiger partial charge in [-0.1, -0.05) is 12.1 Å². The van der Waals surface area contributed by atoms with Crippen LogP contribution in [0.2, 0.25) is 0 Å². The standard InChI is InChI=1S/C18H14F3N5O3.CH2O2/c19-18(20,21)29-12-5-3-11(4-6-12)17(25-16(27)15-23-10-24-26-15)7-9-28-13-2-1-8-22-14(13)17;2-1-3/h1-6,8,10H,7,9H2,(H,25,27)(H,23,24,26);1H,(H,2,3)/t17-;/m0./s1. The molecule has 32 heavy (non-hydrogen) atoms. The highest BCUT2D eigenvalue weighted by Gasteiger charge is 2.43. The number of amides is 1. The minimum atomic E-state index is -4.80. The van der Waals surface area contributed by atoms with E-state index < -0.39 is 17.8 Å². The summed E-state index contributed by atoms with van der Waals surface area (Å²) in [5, 5.41) is 17.1. The van der Waals surface area contributed by atoms with Crippen molar-refractivity contribution in [2.45, 2.75) is 18.3 Å². The van der Waals surface area contributed by atoms with E-state index in [4.69, 9.17) is 14.6 Å². The van der Waals surface area contributed by atoms with E-state index in [2.05, 4.69) is 30.2 Å². The van der Waals surface area contributed by atoms with Gasteiger partial charge in [0, 0.05) is 12.6 Å². The van der Waals surface area contributed by atoms with Crippen LogP contribution in [-0.2, 0) is 10.3 Å². The van der Waals surface area contributed by atoms with E-state index in [1.807, 2.05) is 0 Å². The first kappa shape index (κ1) is 22.5. The number of rotatable bonds is 4. The molecule has 10 nitrogen and oxygen atoms in total. The molecule has 0 unspecified atom stereocenters. The quantitative estimate of drug-likeness (QED) is 0.514. The lowest BCUT2D eigenvalue weighted by Gasteiger charge is -2.38. The maximum Gasteiger partial charge on any atom is 0.573 e. The molecule has 0 saturated carbocycles. The summed E-state index contributed by atoms with van der Waals surface area (Å²) in [7, 11) is 0. The van der Waals surface area contributed by atoms with Gasteiger partial charge in [-0.15, -0.1) is 23.4 Å². The number of aromatic amines is 1. The number of carbonyl (C=O) groups is 2. The lowest BCUT2D eigenvalue weighted by Crippen LogP contribution is -2.50. The van der Waals surface area contributed by atoms with E-state index in [0.29, 0.717) is 23.4 Å². The molecule has 0 aliphatic carbocycles. The molecule has 0 saturated heterocycles. The molecule has 1 aliphatic rings. The molecular formula is C19H16F3N5O5. The second kappa shape index (κ2) is 9.32. The van der Waals surface area contributed by atoms with E-state index >= 15 is 0 Å². The number of fused-ring (bicyclic) bond motifs is 1. The van der Waals surface area contributed by atoms with Crippen molar-refractivity contribution in [2.75, 3.05) is 6.61 Å². The largest absolute Gasteiger partial charge is 0.573 e. The van der Waals surface area contributed by atoms with Gasteiger partial charge < -0.3 is 24.9 Å². The molecule has 1 atom stereocenters. The number of H-pyrrole nitrogens is 1. The summed E-state index contributed by atoms with van der Waals surface area (Å²) in [4.78, 5) is 28.1. The van der Waals surface area contributed by atoms with Crippen LogP contribution in [0.25, 0.3) is 0 Å². The van der Waals surface area contributed by atoms with Crippen molar-refractivity contribution >= 4 is 12.4 Å². The molecule has 1 aromatic carbocycles. The summed E-state index contributed by atoms with van der Waals surface area (Å²) in [5.41, 5.74) is -0.193. The monoisotopic (exact) mass is 451 g/mol. The molecule has 3 N–H and O–H groups in total. The first-order valence-electron chi connectivity index (χ1n) is 9.00. The molecule has 1 aliphatic heterocycles. The molecule has 13 heteroatoms. The third-order valence-electron chi connectivity index (χ3n) is 4.45. The van der Waals surface area contributed by atoms with Crippen molar-refractivity contribution < 1.29 is 37.3 Å². The van der Waals surface area contributed by atoms with E-state index in [0.717, 1.165) is 0 Å². The highest BCUT2D eigenvalue weighted by atomic mass is 19.4. The predicted molar refractivity (Wildman–Crippen MR) is 101 cm³/mol. The number of nitrogens with zero attached hydrogens (tertiary/aromatic N) is 3. The molecule has 3 heterocycles. The van der Waals surface area contributed by atoms with Crippen molar-refractivity contribution in [1.29, 1.82) is 0 Å². The number of alkyl halides is 3. The number of carbonyl (C=O) groups excluding carboxylic acids is 1. The fourth-order valence-corrected chi connectivity index (χ4v) is 3.25. The lowest BCUT2D eigenvalue weighted by atomic mass is 9.81. The number of hydrogen-bond donors (Lipinski definition) is 3. The molecule has 3 aromatic rings. The molecule has 168 valence electrons. The van der Waals surface area contributed by atoms with Crippen LogP contribution in [0.5, 0.6) is 11.5 Å². The number of halogens is 3. The van der Waals surface area contributed by atoms with Gasteiger partial charge in [-0.3, -0.25) is 14.6 Å². The van der Waals surface area contributed by atoms with Gasteiger partial charge in [0.2, 0.25) is 5.82 Å². The predicted octanol–water partition coefficient (Wildman–Crippen LogP) is 2.26. The van der Waals surface area contributed by atoms with Crippen LogP contribution in [0.1, 0.15) is 28.3 Å². The Balaban J connectivity index is 0.000000913. The third kappa shape index (κ3) is 4.94. The lowest BCUT2D eigenvalue weighted by molar-refractivity contribution is -0.274. The summed E-state index contributed by atoms with van der Waals surface area (Å²) >= 11 is 0. The van der Waals surface area contributed by atoms with Crippen LogP contribution in [0, 0.1) is 0 Å². The number of nitrogens with one attached hydrogen (secondary N) is 2. The first-order valence-corrected chi connectivity index (χ1v) is 9.00. The summed E-state index contributed by atoms with van der Waals surface area (Å²) in [6.45, 7) is 0.0101. The summed E-state index contributed by atoms with van der Waals surface area (Å²) in [6, 6.07) is 8.66. The molecule has 2 aromatic heterocycles. The maximum atomic E-state index is 12.7. The Hall–Kier alpha value is -4.16. The second-order valence-electron chi connectivity index (χ2n) is 6.32. The normalized spacial score (nSPS) is 17.1. The summed E-state index contributed by atoms with van der Waals surface area (Å²) in [6.07, 6.45) is -1.69. The number of benzene rings is 1. The van der Waals surface area contributed by atoms with E-state index in [1.165, 1.54) is 30.6 Å². The highest BCUT2D eigenvalue weighted by Crippen LogP contribution is 2.41. The fourth-order valence-electron chi connectivity index (χ4n) is 3.25. The number of ether oxygens (including phenoxy) is 2. The SMILES string of the molecule is O=C(N[C@]1(c2ccc(OC(F)(F)F)cc2)CCOc2cccnc21)c1nnc[nH]1.O=CO. The van der Waals surface area contributed by atoms with E-state index in [9.17, 15) is 18.0 Å². The average molecular weight is 451 g/mol. The van der Waals surface area contributed by atoms with Crippen molar-refractivity contribution in [3.05, 3.63) is 66.0 Å². The topological polar surface area (TPSA) is 139 Å². The first-order chi connectivity index (χ1) is 15.3. The Bertz CT molecular complexity index is 1060. The zero-order valence-corrected chi connectivity index (χ0v) is 16.2. The fraction of sp³-hybridized carbons (Fsp3) is 0.211. The molecule has 0 fully saturated rings. The van der Waals surface area contributed by atoms with Crippen molar-refractivity contribution in [3.63, 3.8) is 0 Å². The van der Waals surface area contributed by atoms with Gasteiger partial charge >= 0.3 is 6.36 Å². The average Bonchev–Trinajstić information content (AvgIpc) is 3.29. The Morgan fingerprint density at radius 2 is 2.00 bits per heavy atom. The van der Waals surface area contributed by atoms with Gasteiger partial charge in [0.15, 0.2) is 0 Å². The third-order valence-corrected chi connectivity index (χ3v) is 4.45. The van der Waals surface area contributed by atoms with Crippen LogP contribution >= 0.6 is 0 Å². The molecule has 4 rings (SSSR count). The molecular weight excluding hydrogens is 435 g/mol. The van der Waals surface area contributed by atoms with E-state index in [-0.39, 0.29) is 24.7 Å². The number of carboxylic acid groups (broad SMARTS) is 1. The van der Waals surface area contributed by atoms with Gasteiger partial charge in [0.1, 0.15) is 29.1 Å². The van der Waals surface area contributed by atoms with Gasteiger partial charge in [0.05, 0.1) is 6.61 Å². The Labute approximate surface area is 178 Å². The molecule has 0 radical (unpaired) electrons. The highest BCUT2D eigenvalue weighted by molar-refractivity contribution is 5.91. The van der Waals surface area contributed by atoms with Gasteiger partial charge in [-0.25, -0.2) is 0 Å². The minimum absolute atomic E-state index is 0.00891. The van der Waals surface area contributed by atoms with Crippen LogP contribution in [0.4, 0.5) is 13.2 Å². The van der Waals surface area contributed by atoms with Crippen molar-refractivity contribution in [1.82, 2.24) is 25.5 Å². The van der Waals surface area contributed by atoms with Crippen LogP contribution in [0.15, 0.2) is 48.9 Å². The molecule has 0 spiro atoms. The second-order valence-corrected chi connectivity index (χ2v) is 6.32. The zero-order chi connectivity index (χ0) is 23.2. The summed E-state index contributed by atoms with van der Waals surface area (Å²) < 4.78 is 47.0. The van der Waals surface area contributed by atoms with Crippen LogP contribution in [-0.4, -0.2) is 50.6 Å². The van der Waals surface area contributed by atoms with Gasteiger partial charge in [-0.05, 0) is 29.8 Å². The number of pyridine rings is 1. The Morgan fingerprint density at radius 1 is 1.28 bits per heavy atom. The number of aromatic nitrogens is 4. The van der Waals surface area contributed by atoms with Crippen molar-refractivity contribution in [3.8, 4) is 11.5 Å². The molecule has 1 amide bonds. The maximum absolute atomic E-state index is 12.7. The minimum Gasteiger partial charge on any atom is -0.491 e. The van der Waals surface area contributed by atoms with Gasteiger partial charge in [0.25, 0.3) is 12.4 Å². The number of hydrogen-bond acceptors (Lipinski definition) is 7. The van der Waals surface area contributed by atoms with Crippen LogP contribution < -0.4 is 14.8 Å².